The maximum Gasteiger partial charge on any atom is 0.303 e. The number of carboxylic acid groups (broad SMARTS) is 1. The third-order valence-electron chi connectivity index (χ3n) is 1.70. The second-order valence-electron chi connectivity index (χ2n) is 3.24. The molecule has 0 amide bonds. The van der Waals surface area contributed by atoms with Gasteiger partial charge in [-0.15, -0.1) is 0 Å². The summed E-state index contributed by atoms with van der Waals surface area (Å²) in [7, 11) is 0. The third-order valence-corrected chi connectivity index (χ3v) is 1.70. The summed E-state index contributed by atoms with van der Waals surface area (Å²) in [6, 6.07) is 0. The van der Waals surface area contributed by atoms with Crippen molar-refractivity contribution >= 4 is 5.97 Å². The van der Waals surface area contributed by atoms with Crippen molar-refractivity contribution in [2.45, 2.75) is 26.7 Å². The topological polar surface area (TPSA) is 78.9 Å². The summed E-state index contributed by atoms with van der Waals surface area (Å²) >= 11 is 0. The van der Waals surface area contributed by atoms with E-state index in [2.05, 4.69) is 15.2 Å². The predicted octanol–water partition coefficient (Wildman–Crippen LogP) is 0.766. The molecule has 0 aromatic carbocycles. The molecule has 1 rings (SSSR count). The highest BCUT2D eigenvalue weighted by atomic mass is 16.4. The highest BCUT2D eigenvalue weighted by Crippen LogP contribution is 2.07. The molecular weight excluding hydrogens is 170 g/mol. The van der Waals surface area contributed by atoms with Crippen LogP contribution < -0.4 is 0 Å². The molecule has 0 bridgehead atoms. The molecular formula is C8H13N3O2. The number of aryl methyl sites for hydroxylation is 1. The van der Waals surface area contributed by atoms with Crippen LogP contribution in [-0.4, -0.2) is 26.3 Å². The molecule has 1 heterocycles. The first-order chi connectivity index (χ1) is 6.08. The quantitative estimate of drug-likeness (QED) is 0.722. The summed E-state index contributed by atoms with van der Waals surface area (Å²) in [6.45, 7) is 3.69. The average Bonchev–Trinajstić information content (AvgIpc) is 2.33. The number of rotatable bonds is 4. The molecule has 1 unspecified atom stereocenters. The van der Waals surface area contributed by atoms with Gasteiger partial charge in [-0.25, -0.2) is 4.98 Å². The minimum absolute atomic E-state index is 0.0766. The van der Waals surface area contributed by atoms with E-state index in [9.17, 15) is 4.79 Å². The van der Waals surface area contributed by atoms with E-state index in [1.807, 2.05) is 13.8 Å². The predicted molar refractivity (Wildman–Crippen MR) is 46.2 cm³/mol. The number of aliphatic carboxylic acids is 1. The number of nitrogens with one attached hydrogen (secondary N) is 1. The standard InChI is InChI=1S/C8H13N3O2/c1-5(4-8(12)13)3-7-9-6(2)10-11-7/h5H,3-4H2,1-2H3,(H,12,13)(H,9,10,11). The number of hydrogen-bond donors (Lipinski definition) is 2. The van der Waals surface area contributed by atoms with Gasteiger partial charge in [0.2, 0.25) is 0 Å². The number of aromatic amines is 1. The number of carboxylic acids is 1. The summed E-state index contributed by atoms with van der Waals surface area (Å²) in [5.41, 5.74) is 0. The van der Waals surface area contributed by atoms with Crippen LogP contribution in [0.15, 0.2) is 0 Å². The second kappa shape index (κ2) is 4.02. The lowest BCUT2D eigenvalue weighted by Crippen LogP contribution is -2.07. The molecule has 0 radical (unpaired) electrons. The van der Waals surface area contributed by atoms with E-state index in [1.54, 1.807) is 0 Å². The van der Waals surface area contributed by atoms with Crippen molar-refractivity contribution < 1.29 is 9.90 Å². The molecule has 0 fully saturated rings. The Hall–Kier alpha value is -1.39. The average molecular weight is 183 g/mol. The number of aromatic nitrogens is 3. The van der Waals surface area contributed by atoms with Crippen LogP contribution in [0.25, 0.3) is 0 Å². The van der Waals surface area contributed by atoms with Gasteiger partial charge >= 0.3 is 5.97 Å². The Morgan fingerprint density at radius 2 is 2.38 bits per heavy atom. The fourth-order valence-electron chi connectivity index (χ4n) is 1.16. The molecule has 2 N–H and O–H groups in total. The molecule has 72 valence electrons. The van der Waals surface area contributed by atoms with E-state index in [1.165, 1.54) is 0 Å². The Balaban J connectivity index is 2.44. The number of H-pyrrole nitrogens is 1. The van der Waals surface area contributed by atoms with E-state index >= 15 is 0 Å². The summed E-state index contributed by atoms with van der Waals surface area (Å²) in [5, 5.41) is 15.2. The van der Waals surface area contributed by atoms with Crippen LogP contribution in [0, 0.1) is 12.8 Å². The number of hydrogen-bond acceptors (Lipinski definition) is 3. The van der Waals surface area contributed by atoms with Crippen molar-refractivity contribution in [3.63, 3.8) is 0 Å². The third kappa shape index (κ3) is 3.23. The Kier molecular flexibility index (Phi) is 3.00. The van der Waals surface area contributed by atoms with Gasteiger partial charge < -0.3 is 5.11 Å². The summed E-state index contributed by atoms with van der Waals surface area (Å²) in [5.74, 6) is 0.747. The van der Waals surface area contributed by atoms with Gasteiger partial charge in [-0.05, 0) is 12.8 Å². The summed E-state index contributed by atoms with van der Waals surface area (Å²) in [6.07, 6.45) is 0.768. The van der Waals surface area contributed by atoms with Crippen molar-refractivity contribution in [1.29, 1.82) is 0 Å². The van der Waals surface area contributed by atoms with E-state index in [4.69, 9.17) is 5.11 Å². The molecule has 0 aliphatic carbocycles. The zero-order valence-corrected chi connectivity index (χ0v) is 7.74. The molecule has 0 saturated heterocycles. The molecule has 0 saturated carbocycles. The lowest BCUT2D eigenvalue weighted by Gasteiger charge is -2.03. The van der Waals surface area contributed by atoms with Crippen molar-refractivity contribution in [1.82, 2.24) is 15.2 Å². The van der Waals surface area contributed by atoms with Crippen molar-refractivity contribution in [3.8, 4) is 0 Å². The lowest BCUT2D eigenvalue weighted by atomic mass is 10.0. The fraction of sp³-hybridized carbons (Fsp3) is 0.625. The second-order valence-corrected chi connectivity index (χ2v) is 3.24. The Labute approximate surface area is 76.2 Å². The SMILES string of the molecule is Cc1nc(CC(C)CC(=O)O)n[nH]1. The first-order valence-corrected chi connectivity index (χ1v) is 4.17. The first-order valence-electron chi connectivity index (χ1n) is 4.17. The molecule has 5 heteroatoms. The van der Waals surface area contributed by atoms with Crippen molar-refractivity contribution in [3.05, 3.63) is 11.6 Å². The van der Waals surface area contributed by atoms with Gasteiger partial charge in [0, 0.05) is 12.8 Å². The van der Waals surface area contributed by atoms with Gasteiger partial charge in [0.15, 0.2) is 5.82 Å². The largest absolute Gasteiger partial charge is 0.481 e. The zero-order valence-electron chi connectivity index (χ0n) is 7.74. The van der Waals surface area contributed by atoms with Gasteiger partial charge in [0.25, 0.3) is 0 Å². The van der Waals surface area contributed by atoms with E-state index in [-0.39, 0.29) is 12.3 Å². The molecule has 0 aliphatic rings. The van der Waals surface area contributed by atoms with Crippen LogP contribution in [-0.2, 0) is 11.2 Å². The molecule has 1 aromatic rings. The number of nitrogens with zero attached hydrogens (tertiary/aromatic N) is 2. The van der Waals surface area contributed by atoms with Crippen LogP contribution in [0.3, 0.4) is 0 Å². The maximum absolute atomic E-state index is 10.4. The van der Waals surface area contributed by atoms with Crippen LogP contribution >= 0.6 is 0 Å². The monoisotopic (exact) mass is 183 g/mol. The molecule has 0 aliphatic heterocycles. The summed E-state index contributed by atoms with van der Waals surface area (Å²) < 4.78 is 0. The van der Waals surface area contributed by atoms with Gasteiger partial charge in [-0.3, -0.25) is 9.89 Å². The fourth-order valence-corrected chi connectivity index (χ4v) is 1.16. The van der Waals surface area contributed by atoms with Crippen molar-refractivity contribution in [2.24, 2.45) is 5.92 Å². The van der Waals surface area contributed by atoms with E-state index in [0.29, 0.717) is 12.2 Å². The first kappa shape index (κ1) is 9.70. The van der Waals surface area contributed by atoms with Crippen LogP contribution in [0.2, 0.25) is 0 Å². The normalized spacial score (nSPS) is 12.8. The minimum atomic E-state index is -0.778. The van der Waals surface area contributed by atoms with E-state index in [0.717, 1.165) is 5.82 Å². The smallest absolute Gasteiger partial charge is 0.303 e. The Bertz CT molecular complexity index is 295. The van der Waals surface area contributed by atoms with Gasteiger partial charge in [-0.1, -0.05) is 6.92 Å². The molecule has 5 nitrogen and oxygen atoms in total. The minimum Gasteiger partial charge on any atom is -0.481 e. The van der Waals surface area contributed by atoms with Crippen molar-refractivity contribution in [2.75, 3.05) is 0 Å². The summed E-state index contributed by atoms with van der Waals surface area (Å²) in [4.78, 5) is 14.5. The highest BCUT2D eigenvalue weighted by molar-refractivity contribution is 5.66. The van der Waals surface area contributed by atoms with E-state index < -0.39 is 5.97 Å². The van der Waals surface area contributed by atoms with Gasteiger partial charge in [-0.2, -0.15) is 5.10 Å². The van der Waals surface area contributed by atoms with Crippen LogP contribution in [0.5, 0.6) is 0 Å². The Morgan fingerprint density at radius 1 is 1.69 bits per heavy atom. The maximum atomic E-state index is 10.4. The van der Waals surface area contributed by atoms with Crippen LogP contribution in [0.1, 0.15) is 25.0 Å². The molecule has 1 atom stereocenters. The van der Waals surface area contributed by atoms with Crippen LogP contribution in [0.4, 0.5) is 0 Å². The van der Waals surface area contributed by atoms with Gasteiger partial charge in [0.1, 0.15) is 5.82 Å². The Morgan fingerprint density at radius 3 is 2.85 bits per heavy atom. The lowest BCUT2D eigenvalue weighted by molar-refractivity contribution is -0.137. The highest BCUT2D eigenvalue weighted by Gasteiger charge is 2.10. The number of carbonyl (C=O) groups is 1. The van der Waals surface area contributed by atoms with Gasteiger partial charge in [0.05, 0.1) is 0 Å². The molecule has 1 aromatic heterocycles. The zero-order chi connectivity index (χ0) is 9.84. The molecule has 0 spiro atoms. The molecule has 13 heavy (non-hydrogen) atoms.